The highest BCUT2D eigenvalue weighted by Crippen LogP contribution is 2.28. The SMILES string of the molecule is CC(C)C(O)c1cc(Cl)ncc1Cl. The van der Waals surface area contributed by atoms with Crippen LogP contribution in [0.5, 0.6) is 0 Å². The van der Waals surface area contributed by atoms with Gasteiger partial charge in [0.05, 0.1) is 11.1 Å². The van der Waals surface area contributed by atoms with Gasteiger partial charge in [-0.2, -0.15) is 0 Å². The predicted molar refractivity (Wildman–Crippen MR) is 54.1 cm³/mol. The fourth-order valence-electron chi connectivity index (χ4n) is 1.01. The summed E-state index contributed by atoms with van der Waals surface area (Å²) in [5.74, 6) is 0.107. The quantitative estimate of drug-likeness (QED) is 0.777. The number of hydrogen-bond acceptors (Lipinski definition) is 2. The minimum atomic E-state index is -0.590. The van der Waals surface area contributed by atoms with Crippen molar-refractivity contribution in [3.05, 3.63) is 28.0 Å². The first kappa shape index (κ1) is 10.8. The van der Waals surface area contributed by atoms with Gasteiger partial charge in [-0.15, -0.1) is 0 Å². The van der Waals surface area contributed by atoms with Crippen molar-refractivity contribution in [2.24, 2.45) is 5.92 Å². The second kappa shape index (κ2) is 4.27. The molecule has 1 N–H and O–H groups in total. The molecule has 1 heterocycles. The van der Waals surface area contributed by atoms with Crippen LogP contribution in [0.2, 0.25) is 10.2 Å². The van der Waals surface area contributed by atoms with Crippen molar-refractivity contribution in [1.29, 1.82) is 0 Å². The van der Waals surface area contributed by atoms with Gasteiger partial charge in [-0.3, -0.25) is 0 Å². The standard InChI is InChI=1S/C9H11Cl2NO/c1-5(2)9(13)6-3-8(11)12-4-7(6)10/h3-5,9,13H,1-2H3. The zero-order valence-electron chi connectivity index (χ0n) is 7.46. The van der Waals surface area contributed by atoms with Crippen LogP contribution < -0.4 is 0 Å². The molecule has 0 saturated carbocycles. The monoisotopic (exact) mass is 219 g/mol. The van der Waals surface area contributed by atoms with Crippen LogP contribution in [-0.2, 0) is 0 Å². The molecule has 0 bridgehead atoms. The second-order valence-corrected chi connectivity index (χ2v) is 4.01. The van der Waals surface area contributed by atoms with E-state index in [9.17, 15) is 5.11 Å². The summed E-state index contributed by atoms with van der Waals surface area (Å²) in [6.45, 7) is 3.82. The van der Waals surface area contributed by atoms with Gasteiger partial charge >= 0.3 is 0 Å². The molecule has 0 radical (unpaired) electrons. The number of nitrogens with zero attached hydrogens (tertiary/aromatic N) is 1. The highest BCUT2D eigenvalue weighted by atomic mass is 35.5. The lowest BCUT2D eigenvalue weighted by Crippen LogP contribution is -2.06. The molecular formula is C9H11Cl2NO. The van der Waals surface area contributed by atoms with Gasteiger partial charge in [-0.1, -0.05) is 37.0 Å². The maximum atomic E-state index is 9.73. The lowest BCUT2D eigenvalue weighted by Gasteiger charge is -2.15. The second-order valence-electron chi connectivity index (χ2n) is 3.22. The molecule has 0 spiro atoms. The summed E-state index contributed by atoms with van der Waals surface area (Å²) in [7, 11) is 0. The van der Waals surface area contributed by atoms with Gasteiger partial charge in [-0.25, -0.2) is 4.98 Å². The Labute approximate surface area is 87.5 Å². The molecule has 0 aliphatic carbocycles. The van der Waals surface area contributed by atoms with E-state index >= 15 is 0 Å². The fourth-order valence-corrected chi connectivity index (χ4v) is 1.39. The molecule has 0 fully saturated rings. The van der Waals surface area contributed by atoms with E-state index in [4.69, 9.17) is 23.2 Å². The Morgan fingerprint density at radius 3 is 2.54 bits per heavy atom. The normalized spacial score (nSPS) is 13.4. The Balaban J connectivity index is 3.05. The molecule has 1 rings (SSSR count). The summed E-state index contributed by atoms with van der Waals surface area (Å²) in [5, 5.41) is 10.5. The number of aliphatic hydroxyl groups excluding tert-OH is 1. The van der Waals surface area contributed by atoms with Gasteiger partial charge in [0.25, 0.3) is 0 Å². The molecule has 1 unspecified atom stereocenters. The van der Waals surface area contributed by atoms with Crippen LogP contribution in [0.4, 0.5) is 0 Å². The maximum absolute atomic E-state index is 9.73. The molecule has 0 amide bonds. The molecule has 0 aromatic carbocycles. The number of aliphatic hydroxyl groups is 1. The first-order chi connectivity index (χ1) is 6.02. The summed E-state index contributed by atoms with van der Waals surface area (Å²) >= 11 is 11.5. The third-order valence-electron chi connectivity index (χ3n) is 1.80. The van der Waals surface area contributed by atoms with Crippen molar-refractivity contribution in [1.82, 2.24) is 4.98 Å². The highest BCUT2D eigenvalue weighted by molar-refractivity contribution is 6.32. The van der Waals surface area contributed by atoms with Crippen molar-refractivity contribution in [2.45, 2.75) is 20.0 Å². The lowest BCUT2D eigenvalue weighted by molar-refractivity contribution is 0.127. The zero-order valence-corrected chi connectivity index (χ0v) is 8.97. The van der Waals surface area contributed by atoms with E-state index < -0.39 is 6.10 Å². The first-order valence-electron chi connectivity index (χ1n) is 4.01. The minimum absolute atomic E-state index is 0.107. The molecule has 72 valence electrons. The third kappa shape index (κ3) is 2.56. The summed E-state index contributed by atoms with van der Waals surface area (Å²) in [6.07, 6.45) is 0.859. The third-order valence-corrected chi connectivity index (χ3v) is 2.32. The van der Waals surface area contributed by atoms with E-state index in [1.54, 1.807) is 6.07 Å². The summed E-state index contributed by atoms with van der Waals surface area (Å²) in [4.78, 5) is 3.80. The van der Waals surface area contributed by atoms with Crippen LogP contribution in [0.3, 0.4) is 0 Å². The summed E-state index contributed by atoms with van der Waals surface area (Å²) in [6, 6.07) is 1.59. The van der Waals surface area contributed by atoms with Gasteiger partial charge in [0, 0.05) is 11.8 Å². The van der Waals surface area contributed by atoms with E-state index in [1.165, 1.54) is 6.20 Å². The van der Waals surface area contributed by atoms with Crippen molar-refractivity contribution < 1.29 is 5.11 Å². The lowest BCUT2D eigenvalue weighted by atomic mass is 10.0. The Kier molecular flexibility index (Phi) is 3.54. The maximum Gasteiger partial charge on any atom is 0.129 e. The smallest absolute Gasteiger partial charge is 0.129 e. The Morgan fingerprint density at radius 2 is 2.00 bits per heavy atom. The Morgan fingerprint density at radius 1 is 1.38 bits per heavy atom. The van der Waals surface area contributed by atoms with E-state index in [-0.39, 0.29) is 5.92 Å². The van der Waals surface area contributed by atoms with Crippen LogP contribution >= 0.6 is 23.2 Å². The Bertz CT molecular complexity index is 302. The van der Waals surface area contributed by atoms with E-state index in [1.807, 2.05) is 13.8 Å². The first-order valence-corrected chi connectivity index (χ1v) is 4.77. The molecule has 0 saturated heterocycles. The molecule has 1 aromatic heterocycles. The number of hydrogen-bond donors (Lipinski definition) is 1. The van der Waals surface area contributed by atoms with Crippen molar-refractivity contribution in [3.8, 4) is 0 Å². The molecule has 0 aliphatic heterocycles. The van der Waals surface area contributed by atoms with Crippen molar-refractivity contribution in [3.63, 3.8) is 0 Å². The van der Waals surface area contributed by atoms with Crippen molar-refractivity contribution >= 4 is 23.2 Å². The molecule has 13 heavy (non-hydrogen) atoms. The average molecular weight is 220 g/mol. The van der Waals surface area contributed by atoms with Crippen LogP contribution in [0.25, 0.3) is 0 Å². The van der Waals surface area contributed by atoms with Crippen LogP contribution in [0.1, 0.15) is 25.5 Å². The van der Waals surface area contributed by atoms with E-state index in [2.05, 4.69) is 4.98 Å². The van der Waals surface area contributed by atoms with Crippen molar-refractivity contribution in [2.75, 3.05) is 0 Å². The largest absolute Gasteiger partial charge is 0.388 e. The van der Waals surface area contributed by atoms with Gasteiger partial charge in [-0.05, 0) is 12.0 Å². The molecule has 1 atom stereocenters. The van der Waals surface area contributed by atoms with E-state index in [0.717, 1.165) is 0 Å². The molecule has 0 aliphatic rings. The fraction of sp³-hybridized carbons (Fsp3) is 0.444. The van der Waals surface area contributed by atoms with Crippen LogP contribution in [0.15, 0.2) is 12.3 Å². The average Bonchev–Trinajstić information content (AvgIpc) is 2.08. The van der Waals surface area contributed by atoms with Gasteiger partial charge < -0.3 is 5.11 Å². The predicted octanol–water partition coefficient (Wildman–Crippen LogP) is 3.08. The van der Waals surface area contributed by atoms with E-state index in [0.29, 0.717) is 15.7 Å². The topological polar surface area (TPSA) is 33.1 Å². The molecule has 4 heteroatoms. The highest BCUT2D eigenvalue weighted by Gasteiger charge is 2.15. The summed E-state index contributed by atoms with van der Waals surface area (Å²) in [5.41, 5.74) is 0.636. The molecule has 1 aromatic rings. The minimum Gasteiger partial charge on any atom is -0.388 e. The number of rotatable bonds is 2. The van der Waals surface area contributed by atoms with Crippen LogP contribution in [0, 0.1) is 5.92 Å². The number of aromatic nitrogens is 1. The van der Waals surface area contributed by atoms with Crippen LogP contribution in [-0.4, -0.2) is 10.1 Å². The summed E-state index contributed by atoms with van der Waals surface area (Å²) < 4.78 is 0. The Hall–Kier alpha value is -0.310. The zero-order chi connectivity index (χ0) is 10.0. The number of pyridine rings is 1. The van der Waals surface area contributed by atoms with Gasteiger partial charge in [0.1, 0.15) is 5.15 Å². The number of halogens is 2. The molecular weight excluding hydrogens is 209 g/mol. The van der Waals surface area contributed by atoms with Gasteiger partial charge in [0.15, 0.2) is 0 Å². The van der Waals surface area contributed by atoms with Gasteiger partial charge in [0.2, 0.25) is 0 Å². The molecule has 2 nitrogen and oxygen atoms in total.